The second-order valence-corrected chi connectivity index (χ2v) is 5.96. The van der Waals surface area contributed by atoms with E-state index in [1.807, 2.05) is 5.38 Å². The molecule has 0 amide bonds. The molecule has 1 saturated heterocycles. The van der Waals surface area contributed by atoms with Crippen LogP contribution in [0, 0.1) is 0 Å². The van der Waals surface area contributed by atoms with E-state index >= 15 is 0 Å². The Bertz CT molecular complexity index is 328. The van der Waals surface area contributed by atoms with Gasteiger partial charge in [0.25, 0.3) is 0 Å². The molecule has 0 N–H and O–H groups in total. The zero-order valence-corrected chi connectivity index (χ0v) is 11.1. The summed E-state index contributed by atoms with van der Waals surface area (Å²) in [6, 6.07) is 2.07. The fourth-order valence-electron chi connectivity index (χ4n) is 1.75. The Balaban J connectivity index is 2.13. The van der Waals surface area contributed by atoms with Gasteiger partial charge in [0.2, 0.25) is 0 Å². The second kappa shape index (κ2) is 4.12. The van der Waals surface area contributed by atoms with Gasteiger partial charge in [-0.25, -0.2) is 0 Å². The SMILES string of the molecule is CC1(CBr)CCC(c2ccsc2Cl)O1. The molecule has 2 rings (SSSR count). The highest BCUT2D eigenvalue weighted by atomic mass is 79.9. The maximum Gasteiger partial charge on any atom is 0.0986 e. The van der Waals surface area contributed by atoms with Crippen molar-refractivity contribution in [2.45, 2.75) is 31.5 Å². The molecule has 2 unspecified atom stereocenters. The van der Waals surface area contributed by atoms with E-state index in [9.17, 15) is 0 Å². The summed E-state index contributed by atoms with van der Waals surface area (Å²) in [7, 11) is 0. The number of ether oxygens (including phenoxy) is 1. The first-order valence-electron chi connectivity index (χ1n) is 4.61. The van der Waals surface area contributed by atoms with Gasteiger partial charge in [-0.3, -0.25) is 0 Å². The summed E-state index contributed by atoms with van der Waals surface area (Å²) >= 11 is 11.1. The van der Waals surface area contributed by atoms with Gasteiger partial charge >= 0.3 is 0 Å². The highest BCUT2D eigenvalue weighted by Gasteiger charge is 2.36. The quantitative estimate of drug-likeness (QED) is 0.735. The van der Waals surface area contributed by atoms with E-state index < -0.39 is 0 Å². The number of alkyl halides is 1. The van der Waals surface area contributed by atoms with Crippen LogP contribution in [0.1, 0.15) is 31.4 Å². The zero-order valence-electron chi connectivity index (χ0n) is 7.93. The van der Waals surface area contributed by atoms with E-state index in [2.05, 4.69) is 28.9 Å². The second-order valence-electron chi connectivity index (χ2n) is 3.88. The molecule has 2 heterocycles. The third kappa shape index (κ3) is 2.01. The van der Waals surface area contributed by atoms with Crippen LogP contribution in [0.3, 0.4) is 0 Å². The molecule has 1 fully saturated rings. The molecule has 0 saturated carbocycles. The summed E-state index contributed by atoms with van der Waals surface area (Å²) < 4.78 is 6.87. The van der Waals surface area contributed by atoms with Gasteiger partial charge in [0, 0.05) is 10.9 Å². The molecule has 1 aromatic heterocycles. The number of hydrogen-bond donors (Lipinski definition) is 0. The van der Waals surface area contributed by atoms with Crippen molar-refractivity contribution in [3.8, 4) is 0 Å². The van der Waals surface area contributed by atoms with Crippen molar-refractivity contribution in [1.29, 1.82) is 0 Å². The first kappa shape index (κ1) is 10.9. The Kier molecular flexibility index (Phi) is 3.22. The van der Waals surface area contributed by atoms with Gasteiger partial charge < -0.3 is 4.74 Å². The highest BCUT2D eigenvalue weighted by molar-refractivity contribution is 9.09. The molecule has 1 aliphatic heterocycles. The average molecular weight is 296 g/mol. The lowest BCUT2D eigenvalue weighted by atomic mass is 10.0. The molecular formula is C10H12BrClOS. The molecule has 4 heteroatoms. The Morgan fingerprint density at radius 2 is 2.57 bits per heavy atom. The van der Waals surface area contributed by atoms with Gasteiger partial charge in [-0.05, 0) is 31.2 Å². The summed E-state index contributed by atoms with van der Waals surface area (Å²) in [5.41, 5.74) is 1.14. The first-order chi connectivity index (χ1) is 6.64. The van der Waals surface area contributed by atoms with Crippen LogP contribution in [0.4, 0.5) is 0 Å². The van der Waals surface area contributed by atoms with Gasteiger partial charge in [-0.1, -0.05) is 27.5 Å². The van der Waals surface area contributed by atoms with Crippen molar-refractivity contribution < 1.29 is 4.74 Å². The molecule has 78 valence electrons. The topological polar surface area (TPSA) is 9.23 Å². The third-order valence-corrected chi connectivity index (χ3v) is 5.02. The van der Waals surface area contributed by atoms with E-state index in [4.69, 9.17) is 16.3 Å². The minimum Gasteiger partial charge on any atom is -0.366 e. The largest absolute Gasteiger partial charge is 0.366 e. The molecule has 0 spiro atoms. The number of thiophene rings is 1. The Labute approximate surface area is 102 Å². The van der Waals surface area contributed by atoms with Gasteiger partial charge in [0.15, 0.2) is 0 Å². The molecule has 0 aliphatic carbocycles. The van der Waals surface area contributed by atoms with Gasteiger partial charge in [0.1, 0.15) is 0 Å². The molecule has 1 aliphatic rings. The molecule has 2 atom stereocenters. The number of rotatable bonds is 2. The molecule has 0 radical (unpaired) electrons. The van der Waals surface area contributed by atoms with E-state index in [-0.39, 0.29) is 11.7 Å². The summed E-state index contributed by atoms with van der Waals surface area (Å²) in [4.78, 5) is 0. The minimum atomic E-state index is -0.0179. The van der Waals surface area contributed by atoms with Crippen LogP contribution < -0.4 is 0 Å². The lowest BCUT2D eigenvalue weighted by Gasteiger charge is -2.21. The van der Waals surface area contributed by atoms with Crippen molar-refractivity contribution in [2.24, 2.45) is 0 Å². The fourth-order valence-corrected chi connectivity index (χ4v) is 3.17. The van der Waals surface area contributed by atoms with E-state index in [1.165, 1.54) is 0 Å². The van der Waals surface area contributed by atoms with Crippen LogP contribution in [0.25, 0.3) is 0 Å². The lowest BCUT2D eigenvalue weighted by Crippen LogP contribution is -2.24. The summed E-state index contributed by atoms with van der Waals surface area (Å²) in [5.74, 6) is 0. The molecule has 1 aromatic rings. The number of halogens is 2. The first-order valence-corrected chi connectivity index (χ1v) is 6.99. The maximum absolute atomic E-state index is 6.08. The zero-order chi connectivity index (χ0) is 10.2. The van der Waals surface area contributed by atoms with E-state index in [0.717, 1.165) is 28.1 Å². The maximum atomic E-state index is 6.08. The average Bonchev–Trinajstić information content (AvgIpc) is 2.73. The molecule has 14 heavy (non-hydrogen) atoms. The van der Waals surface area contributed by atoms with Crippen molar-refractivity contribution >= 4 is 38.9 Å². The predicted octanol–water partition coefficient (Wildman–Crippen LogP) is 4.41. The predicted molar refractivity (Wildman–Crippen MR) is 64.6 cm³/mol. The van der Waals surface area contributed by atoms with Crippen LogP contribution >= 0.6 is 38.9 Å². The van der Waals surface area contributed by atoms with Gasteiger partial charge in [-0.15, -0.1) is 11.3 Å². The molecular weight excluding hydrogens is 284 g/mol. The molecule has 0 aromatic carbocycles. The normalized spacial score (nSPS) is 32.4. The van der Waals surface area contributed by atoms with Gasteiger partial charge in [0.05, 0.1) is 16.0 Å². The standard InChI is InChI=1S/C10H12BrClOS/c1-10(6-11)4-2-8(13-10)7-3-5-14-9(7)12/h3,5,8H,2,4,6H2,1H3. The Morgan fingerprint density at radius 1 is 1.79 bits per heavy atom. The van der Waals surface area contributed by atoms with Gasteiger partial charge in [-0.2, -0.15) is 0 Å². The highest BCUT2D eigenvalue weighted by Crippen LogP contribution is 2.43. The van der Waals surface area contributed by atoms with Crippen molar-refractivity contribution in [3.05, 3.63) is 21.3 Å². The summed E-state index contributed by atoms with van der Waals surface area (Å²) in [5, 5.41) is 2.91. The Morgan fingerprint density at radius 3 is 3.07 bits per heavy atom. The van der Waals surface area contributed by atoms with E-state index in [1.54, 1.807) is 11.3 Å². The summed E-state index contributed by atoms with van der Waals surface area (Å²) in [6.45, 7) is 2.14. The van der Waals surface area contributed by atoms with Crippen LogP contribution in [0.2, 0.25) is 4.34 Å². The number of hydrogen-bond acceptors (Lipinski definition) is 2. The van der Waals surface area contributed by atoms with Crippen LogP contribution in [0.5, 0.6) is 0 Å². The minimum absolute atomic E-state index is 0.0179. The van der Waals surface area contributed by atoms with Crippen molar-refractivity contribution in [3.63, 3.8) is 0 Å². The van der Waals surface area contributed by atoms with Crippen LogP contribution in [-0.4, -0.2) is 10.9 Å². The third-order valence-electron chi connectivity index (χ3n) is 2.64. The fraction of sp³-hybridized carbons (Fsp3) is 0.600. The monoisotopic (exact) mass is 294 g/mol. The summed E-state index contributed by atoms with van der Waals surface area (Å²) in [6.07, 6.45) is 2.35. The van der Waals surface area contributed by atoms with Crippen LogP contribution in [0.15, 0.2) is 11.4 Å². The lowest BCUT2D eigenvalue weighted by molar-refractivity contribution is -0.0119. The Hall–Kier alpha value is 0.430. The van der Waals surface area contributed by atoms with Crippen molar-refractivity contribution in [1.82, 2.24) is 0 Å². The van der Waals surface area contributed by atoms with E-state index in [0.29, 0.717) is 0 Å². The van der Waals surface area contributed by atoms with Crippen molar-refractivity contribution in [2.75, 3.05) is 5.33 Å². The molecule has 1 nitrogen and oxygen atoms in total. The smallest absolute Gasteiger partial charge is 0.0986 e. The van der Waals surface area contributed by atoms with Crippen LogP contribution in [-0.2, 0) is 4.74 Å². The molecule has 0 bridgehead atoms.